The Bertz CT molecular complexity index is 737. The number of rotatable bonds is 6. The van der Waals surface area contributed by atoms with Crippen LogP contribution in [0.3, 0.4) is 0 Å². The second kappa shape index (κ2) is 7.18. The minimum atomic E-state index is -0.438. The number of carbonyl (C=O) groups excluding carboxylic acids is 2. The van der Waals surface area contributed by atoms with Crippen molar-refractivity contribution in [1.29, 1.82) is 0 Å². The maximum Gasteiger partial charge on any atom is 0.248 e. The number of primary amides is 1. The molecule has 0 bridgehead atoms. The van der Waals surface area contributed by atoms with E-state index in [-0.39, 0.29) is 5.91 Å². The number of hydrogen-bond donors (Lipinski definition) is 1. The van der Waals surface area contributed by atoms with E-state index in [0.29, 0.717) is 24.6 Å². The lowest BCUT2D eigenvalue weighted by Crippen LogP contribution is -2.33. The third-order valence-electron chi connectivity index (χ3n) is 4.17. The van der Waals surface area contributed by atoms with Gasteiger partial charge in [0.15, 0.2) is 0 Å². The molecule has 0 aliphatic heterocycles. The molecule has 0 heterocycles. The quantitative estimate of drug-likeness (QED) is 0.827. The molecule has 0 aromatic heterocycles. The lowest BCUT2D eigenvalue weighted by Gasteiger charge is -2.23. The molecule has 1 aliphatic rings. The lowest BCUT2D eigenvalue weighted by atomic mass is 10.1. The molecule has 0 saturated heterocycles. The van der Waals surface area contributed by atoms with Crippen LogP contribution in [-0.2, 0) is 17.8 Å². The zero-order chi connectivity index (χ0) is 17.1. The minimum Gasteiger partial charge on any atom is -0.366 e. The van der Waals surface area contributed by atoms with Crippen LogP contribution in [-0.4, -0.2) is 22.8 Å². The van der Waals surface area contributed by atoms with Gasteiger partial charge in [0.2, 0.25) is 11.8 Å². The number of nitrogens with two attached hydrogens (primary N) is 1. The van der Waals surface area contributed by atoms with Crippen molar-refractivity contribution in [3.63, 3.8) is 0 Å². The minimum absolute atomic E-state index is 0.138. The van der Waals surface area contributed by atoms with Crippen molar-refractivity contribution >= 4 is 27.7 Å². The molecule has 24 heavy (non-hydrogen) atoms. The van der Waals surface area contributed by atoms with Crippen LogP contribution < -0.4 is 5.73 Å². The average Bonchev–Trinajstić information content (AvgIpc) is 3.40. The summed E-state index contributed by atoms with van der Waals surface area (Å²) in [6, 6.07) is 15.3. The first-order valence-corrected chi connectivity index (χ1v) is 8.75. The van der Waals surface area contributed by atoms with Crippen molar-refractivity contribution in [1.82, 2.24) is 4.90 Å². The molecule has 3 rings (SSSR count). The number of carbonyl (C=O) groups is 2. The highest BCUT2D eigenvalue weighted by atomic mass is 79.9. The van der Waals surface area contributed by atoms with Crippen molar-refractivity contribution in [2.45, 2.75) is 31.8 Å². The largest absolute Gasteiger partial charge is 0.366 e. The fourth-order valence-electron chi connectivity index (χ4n) is 2.66. The van der Waals surface area contributed by atoms with Crippen molar-refractivity contribution in [3.05, 3.63) is 69.7 Å². The number of halogens is 1. The Morgan fingerprint density at radius 1 is 1.00 bits per heavy atom. The topological polar surface area (TPSA) is 63.4 Å². The zero-order valence-electron chi connectivity index (χ0n) is 13.2. The zero-order valence-corrected chi connectivity index (χ0v) is 14.8. The molecule has 0 unspecified atom stereocenters. The molecular formula is C19H19BrN2O2. The van der Waals surface area contributed by atoms with Gasteiger partial charge in [-0.15, -0.1) is 0 Å². The Kier molecular flexibility index (Phi) is 5.00. The summed E-state index contributed by atoms with van der Waals surface area (Å²) in [6.45, 7) is 0.569. The van der Waals surface area contributed by atoms with Crippen molar-refractivity contribution in [3.8, 4) is 0 Å². The van der Waals surface area contributed by atoms with Gasteiger partial charge in [0.25, 0.3) is 0 Å². The number of benzene rings is 2. The molecule has 2 N–H and O–H groups in total. The van der Waals surface area contributed by atoms with E-state index in [9.17, 15) is 9.59 Å². The van der Waals surface area contributed by atoms with Gasteiger partial charge in [0, 0.05) is 22.6 Å². The molecule has 1 aliphatic carbocycles. The van der Waals surface area contributed by atoms with Crippen molar-refractivity contribution in [2.24, 2.45) is 5.73 Å². The van der Waals surface area contributed by atoms with Gasteiger partial charge in [-0.1, -0.05) is 40.2 Å². The highest BCUT2D eigenvalue weighted by molar-refractivity contribution is 9.10. The van der Waals surface area contributed by atoms with Crippen LogP contribution in [0.25, 0.3) is 0 Å². The van der Waals surface area contributed by atoms with E-state index >= 15 is 0 Å². The van der Waals surface area contributed by atoms with Gasteiger partial charge in [-0.3, -0.25) is 9.59 Å². The maximum atomic E-state index is 12.7. The molecule has 0 atom stereocenters. The van der Waals surface area contributed by atoms with E-state index in [1.54, 1.807) is 12.1 Å². The number of amides is 2. The first-order chi connectivity index (χ1) is 11.5. The third kappa shape index (κ3) is 4.23. The first-order valence-electron chi connectivity index (χ1n) is 7.95. The SMILES string of the molecule is NC(=O)c1ccc(CN(C(=O)Cc2ccc(Br)cc2)C2CC2)cc1. The molecule has 1 saturated carbocycles. The van der Waals surface area contributed by atoms with Gasteiger partial charge in [-0.2, -0.15) is 0 Å². The highest BCUT2D eigenvalue weighted by Gasteiger charge is 2.32. The molecule has 4 nitrogen and oxygen atoms in total. The van der Waals surface area contributed by atoms with Crippen LogP contribution in [0, 0.1) is 0 Å². The van der Waals surface area contributed by atoms with Crippen LogP contribution in [0.15, 0.2) is 53.0 Å². The van der Waals surface area contributed by atoms with Crippen LogP contribution in [0.4, 0.5) is 0 Å². The Morgan fingerprint density at radius 3 is 2.12 bits per heavy atom. The van der Waals surface area contributed by atoms with Crippen LogP contribution >= 0.6 is 15.9 Å². The molecule has 124 valence electrons. The van der Waals surface area contributed by atoms with Gasteiger partial charge in [-0.05, 0) is 48.2 Å². The molecule has 2 amide bonds. The van der Waals surface area contributed by atoms with Gasteiger partial charge in [-0.25, -0.2) is 0 Å². The van der Waals surface area contributed by atoms with Crippen LogP contribution in [0.1, 0.15) is 34.3 Å². The van der Waals surface area contributed by atoms with Crippen LogP contribution in [0.5, 0.6) is 0 Å². The summed E-state index contributed by atoms with van der Waals surface area (Å²) in [5.41, 5.74) is 7.77. The van der Waals surface area contributed by atoms with Gasteiger partial charge in [0.05, 0.1) is 6.42 Å². The van der Waals surface area contributed by atoms with E-state index in [0.717, 1.165) is 28.4 Å². The second-order valence-corrected chi connectivity index (χ2v) is 7.03. The highest BCUT2D eigenvalue weighted by Crippen LogP contribution is 2.29. The third-order valence-corrected chi connectivity index (χ3v) is 4.70. The lowest BCUT2D eigenvalue weighted by molar-refractivity contribution is -0.131. The predicted molar refractivity (Wildman–Crippen MR) is 96.4 cm³/mol. The standard InChI is InChI=1S/C19H19BrN2O2/c20-16-7-3-13(4-8-16)11-18(23)22(17-9-10-17)12-14-1-5-15(6-2-14)19(21)24/h1-8,17H,9-12H2,(H2,21,24). The number of nitrogens with zero attached hydrogens (tertiary/aromatic N) is 1. The summed E-state index contributed by atoms with van der Waals surface area (Å²) in [5, 5.41) is 0. The van der Waals surface area contributed by atoms with Crippen molar-refractivity contribution in [2.75, 3.05) is 0 Å². The Hall–Kier alpha value is -2.14. The van der Waals surface area contributed by atoms with Gasteiger partial charge in [0.1, 0.15) is 0 Å². The first kappa shape index (κ1) is 16.7. The normalized spacial score (nSPS) is 13.5. The van der Waals surface area contributed by atoms with Gasteiger partial charge >= 0.3 is 0 Å². The summed E-state index contributed by atoms with van der Waals surface area (Å²) in [7, 11) is 0. The summed E-state index contributed by atoms with van der Waals surface area (Å²) >= 11 is 3.41. The predicted octanol–water partition coefficient (Wildman–Crippen LogP) is 3.28. The Morgan fingerprint density at radius 2 is 1.58 bits per heavy atom. The Labute approximate surface area is 149 Å². The smallest absolute Gasteiger partial charge is 0.248 e. The molecule has 5 heteroatoms. The maximum absolute atomic E-state index is 12.7. The fraction of sp³-hybridized carbons (Fsp3) is 0.263. The monoisotopic (exact) mass is 386 g/mol. The summed E-state index contributed by atoms with van der Waals surface area (Å²) in [6.07, 6.45) is 2.53. The van der Waals surface area contributed by atoms with E-state index < -0.39 is 5.91 Å². The summed E-state index contributed by atoms with van der Waals surface area (Å²) < 4.78 is 1.01. The van der Waals surface area contributed by atoms with E-state index in [1.165, 1.54) is 0 Å². The second-order valence-electron chi connectivity index (χ2n) is 6.12. The Balaban J connectivity index is 1.69. The molecule has 0 spiro atoms. The fourth-order valence-corrected chi connectivity index (χ4v) is 2.92. The van der Waals surface area contributed by atoms with E-state index in [1.807, 2.05) is 41.3 Å². The summed E-state index contributed by atoms with van der Waals surface area (Å²) in [5.74, 6) is -0.300. The molecular weight excluding hydrogens is 368 g/mol. The molecule has 1 fully saturated rings. The molecule has 2 aromatic rings. The molecule has 0 radical (unpaired) electrons. The molecule has 2 aromatic carbocycles. The van der Waals surface area contributed by atoms with E-state index in [2.05, 4.69) is 15.9 Å². The summed E-state index contributed by atoms with van der Waals surface area (Å²) in [4.78, 5) is 25.8. The average molecular weight is 387 g/mol. The van der Waals surface area contributed by atoms with Crippen LogP contribution in [0.2, 0.25) is 0 Å². The number of hydrogen-bond acceptors (Lipinski definition) is 2. The van der Waals surface area contributed by atoms with Crippen molar-refractivity contribution < 1.29 is 9.59 Å². The van der Waals surface area contributed by atoms with E-state index in [4.69, 9.17) is 5.73 Å². The van der Waals surface area contributed by atoms with Gasteiger partial charge < -0.3 is 10.6 Å².